The fourth-order valence-corrected chi connectivity index (χ4v) is 9.88. The first-order valence-electron chi connectivity index (χ1n) is 17.7. The number of fused-ring (bicyclic) bond motifs is 5. The number of carbonyl (C=O) groups is 3. The number of allylic oxidation sites excluding steroid dienone is 1. The molecule has 8 atom stereocenters. The van der Waals surface area contributed by atoms with E-state index in [1.807, 2.05) is 0 Å². The van der Waals surface area contributed by atoms with Crippen molar-refractivity contribution in [2.75, 3.05) is 26.3 Å². The summed E-state index contributed by atoms with van der Waals surface area (Å²) in [6, 6.07) is 0. The van der Waals surface area contributed by atoms with Crippen LogP contribution >= 0.6 is 0 Å². The number of amides is 3. The minimum atomic E-state index is -0.789. The molecule has 0 radical (unpaired) electrons. The van der Waals surface area contributed by atoms with E-state index in [0.717, 1.165) is 59.7 Å². The van der Waals surface area contributed by atoms with Crippen molar-refractivity contribution in [3.05, 3.63) is 11.6 Å². The molecule has 0 spiro atoms. The zero-order chi connectivity index (χ0) is 32.1. The number of imide groups is 1. The number of nitrogens with zero attached hydrogens (tertiary/aromatic N) is 1. The average Bonchev–Trinajstić information content (AvgIpc) is 3.33. The quantitative estimate of drug-likeness (QED) is 0.184. The number of hydrogen-bond acceptors (Lipinski definition) is 6. The molecule has 1 N–H and O–H groups in total. The van der Waals surface area contributed by atoms with Crippen LogP contribution in [0.1, 0.15) is 119 Å². The van der Waals surface area contributed by atoms with Crippen molar-refractivity contribution in [3.63, 3.8) is 0 Å². The Bertz CT molecular complexity index is 1030. The number of hydrogen-bond donors (Lipinski definition) is 1. The average molecular weight is 617 g/mol. The summed E-state index contributed by atoms with van der Waals surface area (Å²) in [7, 11) is 0. The van der Waals surface area contributed by atoms with E-state index in [1.54, 1.807) is 13.8 Å². The van der Waals surface area contributed by atoms with Crippen molar-refractivity contribution in [1.82, 2.24) is 10.2 Å². The number of carbonyl (C=O) groups excluding carboxylic acids is 3. The number of rotatable bonds is 11. The Balaban J connectivity index is 1.31. The van der Waals surface area contributed by atoms with Gasteiger partial charge in [0.25, 0.3) is 0 Å². The molecule has 0 aromatic heterocycles. The van der Waals surface area contributed by atoms with Gasteiger partial charge in [-0.1, -0.05) is 65.5 Å². The van der Waals surface area contributed by atoms with Gasteiger partial charge in [0, 0.05) is 13.0 Å². The highest BCUT2D eigenvalue weighted by atomic mass is 16.6. The molecule has 0 saturated heterocycles. The molecule has 0 heterocycles. The summed E-state index contributed by atoms with van der Waals surface area (Å²) >= 11 is 0. The Morgan fingerprint density at radius 2 is 1.66 bits per heavy atom. The molecule has 44 heavy (non-hydrogen) atoms. The van der Waals surface area contributed by atoms with Crippen molar-refractivity contribution in [1.29, 1.82) is 0 Å². The smallest absolute Gasteiger partial charge is 0.419 e. The summed E-state index contributed by atoms with van der Waals surface area (Å²) in [4.78, 5) is 37.9. The maximum Gasteiger partial charge on any atom is 0.419 e. The van der Waals surface area contributed by atoms with Gasteiger partial charge >= 0.3 is 18.3 Å². The first kappa shape index (κ1) is 34.6. The first-order chi connectivity index (χ1) is 20.9. The molecule has 8 unspecified atom stereocenters. The maximum atomic E-state index is 12.7. The molecule has 0 aromatic carbocycles. The minimum absolute atomic E-state index is 0.0542. The van der Waals surface area contributed by atoms with Crippen molar-refractivity contribution < 1.29 is 28.6 Å². The highest BCUT2D eigenvalue weighted by Gasteiger charge is 2.59. The molecule has 250 valence electrons. The third kappa shape index (κ3) is 7.41. The maximum absolute atomic E-state index is 12.7. The van der Waals surface area contributed by atoms with E-state index >= 15 is 0 Å². The second-order valence-electron chi connectivity index (χ2n) is 15.0. The fourth-order valence-electron chi connectivity index (χ4n) is 9.88. The Morgan fingerprint density at radius 1 is 0.955 bits per heavy atom. The van der Waals surface area contributed by atoms with Gasteiger partial charge in [-0.05, 0) is 105 Å². The van der Waals surface area contributed by atoms with Gasteiger partial charge in [-0.3, -0.25) is 0 Å². The molecule has 0 bridgehead atoms. The van der Waals surface area contributed by atoms with Gasteiger partial charge in [0.15, 0.2) is 0 Å². The third-order valence-electron chi connectivity index (χ3n) is 12.1. The molecular formula is C36H60N2O6. The number of alkyl carbamates (subject to hydrolysis) is 1. The van der Waals surface area contributed by atoms with Gasteiger partial charge in [-0.25, -0.2) is 19.3 Å². The first-order valence-corrected chi connectivity index (χ1v) is 17.7. The van der Waals surface area contributed by atoms with E-state index in [-0.39, 0.29) is 37.8 Å². The SMILES string of the molecule is CCOC(=O)N(CCNC(=O)OC1CCC2(C)C(=CCC3C2CCC2(C)C(C(C)CCCC(C)C)CCC32)C1)C(=O)OCC. The fraction of sp³-hybridized carbons (Fsp3) is 0.861. The van der Waals surface area contributed by atoms with E-state index in [1.165, 1.54) is 56.9 Å². The topological polar surface area (TPSA) is 94.2 Å². The second-order valence-corrected chi connectivity index (χ2v) is 15.0. The summed E-state index contributed by atoms with van der Waals surface area (Å²) in [5.74, 6) is 4.82. The van der Waals surface area contributed by atoms with Crippen LogP contribution in [0.5, 0.6) is 0 Å². The largest absolute Gasteiger partial charge is 0.449 e. The van der Waals surface area contributed by atoms with Crippen LogP contribution in [0.25, 0.3) is 0 Å². The zero-order valence-corrected chi connectivity index (χ0v) is 28.6. The zero-order valence-electron chi connectivity index (χ0n) is 28.6. The molecule has 3 fully saturated rings. The Morgan fingerprint density at radius 3 is 2.32 bits per heavy atom. The molecule has 0 aliphatic heterocycles. The molecule has 4 aliphatic carbocycles. The Hall–Kier alpha value is -2.25. The summed E-state index contributed by atoms with van der Waals surface area (Å²) in [6.07, 6.45) is 13.7. The van der Waals surface area contributed by atoms with E-state index in [0.29, 0.717) is 5.41 Å². The monoisotopic (exact) mass is 616 g/mol. The van der Waals surface area contributed by atoms with Crippen LogP contribution in [0.2, 0.25) is 0 Å². The van der Waals surface area contributed by atoms with E-state index < -0.39 is 18.3 Å². The number of ether oxygens (including phenoxy) is 3. The summed E-state index contributed by atoms with van der Waals surface area (Å²) < 4.78 is 15.7. The van der Waals surface area contributed by atoms with Gasteiger partial charge in [-0.2, -0.15) is 0 Å². The summed E-state index contributed by atoms with van der Waals surface area (Å²) in [5, 5.41) is 2.70. The molecule has 8 heteroatoms. The lowest BCUT2D eigenvalue weighted by Gasteiger charge is -2.58. The van der Waals surface area contributed by atoms with Gasteiger partial charge in [-0.15, -0.1) is 0 Å². The van der Waals surface area contributed by atoms with Gasteiger partial charge in [0.2, 0.25) is 0 Å². The third-order valence-corrected chi connectivity index (χ3v) is 12.1. The van der Waals surface area contributed by atoms with Crippen LogP contribution < -0.4 is 5.32 Å². The molecule has 4 rings (SSSR count). The lowest BCUT2D eigenvalue weighted by atomic mass is 9.47. The van der Waals surface area contributed by atoms with Crippen LogP contribution in [0.4, 0.5) is 14.4 Å². The van der Waals surface area contributed by atoms with Gasteiger partial charge in [0.05, 0.1) is 19.8 Å². The van der Waals surface area contributed by atoms with E-state index in [4.69, 9.17) is 14.2 Å². The van der Waals surface area contributed by atoms with E-state index in [2.05, 4.69) is 46.0 Å². The molecule has 8 nitrogen and oxygen atoms in total. The standard InChI is InChI=1S/C36H60N2O6/c1-8-42-33(40)38(34(41)43-9-2)22-21-37-32(39)44-27-17-19-35(6)26(23-27)13-14-28-30-16-15-29(25(5)12-10-11-24(3)4)36(30,7)20-18-31(28)35/h13,24-25,27-31H,8-12,14-23H2,1-7H3,(H,37,39). The van der Waals surface area contributed by atoms with Crippen LogP contribution in [0, 0.1) is 46.3 Å². The van der Waals surface area contributed by atoms with Crippen molar-refractivity contribution in [3.8, 4) is 0 Å². The molecule has 4 aliphatic rings. The van der Waals surface area contributed by atoms with Crippen molar-refractivity contribution in [2.24, 2.45) is 46.3 Å². The van der Waals surface area contributed by atoms with E-state index in [9.17, 15) is 14.4 Å². The van der Waals surface area contributed by atoms with Crippen molar-refractivity contribution >= 4 is 18.3 Å². The van der Waals surface area contributed by atoms with Crippen LogP contribution in [-0.4, -0.2) is 55.6 Å². The highest BCUT2D eigenvalue weighted by molar-refractivity contribution is 5.87. The van der Waals surface area contributed by atoms with Gasteiger partial charge in [0.1, 0.15) is 6.10 Å². The summed E-state index contributed by atoms with van der Waals surface area (Å²) in [6.45, 7) is 16.0. The van der Waals surface area contributed by atoms with Crippen molar-refractivity contribution in [2.45, 2.75) is 125 Å². The van der Waals surface area contributed by atoms with Gasteiger partial charge < -0.3 is 19.5 Å². The molecule has 0 aromatic rings. The predicted molar refractivity (Wildman–Crippen MR) is 172 cm³/mol. The lowest BCUT2D eigenvalue weighted by Crippen LogP contribution is -2.51. The molecular weight excluding hydrogens is 556 g/mol. The Kier molecular flexibility index (Phi) is 11.7. The highest BCUT2D eigenvalue weighted by Crippen LogP contribution is 2.67. The minimum Gasteiger partial charge on any atom is -0.449 e. The second kappa shape index (κ2) is 14.9. The Labute approximate surface area is 266 Å². The number of nitrogens with one attached hydrogen (secondary N) is 1. The van der Waals surface area contributed by atoms with Crippen LogP contribution in [0.3, 0.4) is 0 Å². The lowest BCUT2D eigenvalue weighted by molar-refractivity contribution is -0.0581. The normalized spacial score (nSPS) is 33.3. The van der Waals surface area contributed by atoms with Crippen LogP contribution in [-0.2, 0) is 14.2 Å². The summed E-state index contributed by atoms with van der Waals surface area (Å²) in [5.41, 5.74) is 2.16. The predicted octanol–water partition coefficient (Wildman–Crippen LogP) is 8.74. The molecule has 3 amide bonds. The molecule has 3 saturated carbocycles. The van der Waals surface area contributed by atoms with Crippen LogP contribution in [0.15, 0.2) is 11.6 Å².